The van der Waals surface area contributed by atoms with Gasteiger partial charge in [-0.2, -0.15) is 0 Å². The lowest BCUT2D eigenvalue weighted by atomic mass is 10.1. The molecule has 1 unspecified atom stereocenters. The highest BCUT2D eigenvalue weighted by Crippen LogP contribution is 2.42. The van der Waals surface area contributed by atoms with Crippen LogP contribution in [0, 0.1) is 0 Å². The van der Waals surface area contributed by atoms with Crippen molar-refractivity contribution < 1.29 is 23.1 Å². The van der Waals surface area contributed by atoms with E-state index in [0.29, 0.717) is 6.61 Å². The third kappa shape index (κ3) is 4.77. The quantitative estimate of drug-likeness (QED) is 0.225. The summed E-state index contributed by atoms with van der Waals surface area (Å²) in [6, 6.07) is 0.945. The molecule has 0 aliphatic carbocycles. The molecular weight excluding hydrogens is 300 g/mol. The number of rotatable bonds is 8. The predicted molar refractivity (Wildman–Crippen MR) is 89.8 cm³/mol. The monoisotopic (exact) mass is 330 g/mol. The minimum Gasteiger partial charge on any atom is -0.463 e. The van der Waals surface area contributed by atoms with Crippen molar-refractivity contribution in [3.05, 3.63) is 25.8 Å². The first-order valence-electron chi connectivity index (χ1n) is 7.54. The largest absolute Gasteiger partial charge is 0.463 e. The standard InChI is InChI=1S/C14H26O5Si.C2H4/c1-5-13(15)19-11-8-10-14(16-2)9-6-7-12-20(14,17-3)18-4;1-2/h5H,1,6-12H2,2-4H3;1-2H2. The summed E-state index contributed by atoms with van der Waals surface area (Å²) < 4.78 is 22.5. The first kappa shape index (κ1) is 21.0. The molecule has 0 aromatic rings. The van der Waals surface area contributed by atoms with E-state index in [2.05, 4.69) is 19.7 Å². The van der Waals surface area contributed by atoms with Crippen LogP contribution in [0.2, 0.25) is 6.04 Å². The summed E-state index contributed by atoms with van der Waals surface area (Å²) in [6.45, 7) is 9.75. The topological polar surface area (TPSA) is 54.0 Å². The summed E-state index contributed by atoms with van der Waals surface area (Å²) >= 11 is 0. The Balaban J connectivity index is 0.00000211. The van der Waals surface area contributed by atoms with E-state index >= 15 is 0 Å². The van der Waals surface area contributed by atoms with Gasteiger partial charge >= 0.3 is 14.5 Å². The highest BCUT2D eigenvalue weighted by atomic mass is 28.4. The SMILES string of the molecule is C=C.C=CC(=O)OCCCC1(OC)CCCC[Si]1(OC)OC. The zero-order valence-electron chi connectivity index (χ0n) is 14.2. The van der Waals surface area contributed by atoms with E-state index in [1.54, 1.807) is 21.3 Å². The summed E-state index contributed by atoms with van der Waals surface area (Å²) in [5.41, 5.74) is 0. The normalized spacial score (nSPS) is 23.0. The summed E-state index contributed by atoms with van der Waals surface area (Å²) in [4.78, 5) is 11.0. The number of carbonyl (C=O) groups is 1. The van der Waals surface area contributed by atoms with E-state index in [9.17, 15) is 4.79 Å². The summed E-state index contributed by atoms with van der Waals surface area (Å²) in [5, 5.41) is -0.352. The lowest BCUT2D eigenvalue weighted by Crippen LogP contribution is -2.64. The van der Waals surface area contributed by atoms with Crippen molar-refractivity contribution in [1.29, 1.82) is 0 Å². The number of ether oxygens (including phenoxy) is 2. The maximum atomic E-state index is 11.0. The van der Waals surface area contributed by atoms with E-state index in [0.717, 1.165) is 38.1 Å². The van der Waals surface area contributed by atoms with Crippen molar-refractivity contribution >= 4 is 14.5 Å². The van der Waals surface area contributed by atoms with Crippen molar-refractivity contribution in [2.45, 2.75) is 43.4 Å². The van der Waals surface area contributed by atoms with Crippen molar-refractivity contribution in [3.63, 3.8) is 0 Å². The van der Waals surface area contributed by atoms with Crippen LogP contribution in [-0.4, -0.2) is 47.7 Å². The molecule has 1 fully saturated rings. The summed E-state index contributed by atoms with van der Waals surface area (Å²) in [5.74, 6) is -0.387. The fraction of sp³-hybridized carbons (Fsp3) is 0.688. The minimum absolute atomic E-state index is 0.352. The number of hydrogen-bond donors (Lipinski definition) is 0. The minimum atomic E-state index is -2.38. The van der Waals surface area contributed by atoms with E-state index < -0.39 is 8.56 Å². The van der Waals surface area contributed by atoms with Crippen molar-refractivity contribution in [2.75, 3.05) is 27.9 Å². The Hall–Kier alpha value is -0.953. The number of carbonyl (C=O) groups excluding carboxylic acids is 1. The average molecular weight is 330 g/mol. The van der Waals surface area contributed by atoms with E-state index in [1.165, 1.54) is 6.08 Å². The second-order valence-electron chi connectivity index (χ2n) is 5.04. The Bertz CT molecular complexity index is 343. The molecule has 0 spiro atoms. The van der Waals surface area contributed by atoms with Crippen LogP contribution in [0.25, 0.3) is 0 Å². The molecule has 0 aromatic heterocycles. The molecule has 0 amide bonds. The number of hydrogen-bond acceptors (Lipinski definition) is 5. The van der Waals surface area contributed by atoms with Gasteiger partial charge in [-0.3, -0.25) is 0 Å². The van der Waals surface area contributed by atoms with E-state index in [4.69, 9.17) is 18.3 Å². The predicted octanol–water partition coefficient (Wildman–Crippen LogP) is 3.14. The second-order valence-corrected chi connectivity index (χ2v) is 8.78. The van der Waals surface area contributed by atoms with Gasteiger partial charge in [-0.15, -0.1) is 13.2 Å². The van der Waals surface area contributed by atoms with Crippen LogP contribution >= 0.6 is 0 Å². The molecule has 1 aliphatic rings. The molecule has 1 saturated heterocycles. The zero-order chi connectivity index (χ0) is 17.1. The van der Waals surface area contributed by atoms with Gasteiger partial charge in [0.1, 0.15) is 5.22 Å². The van der Waals surface area contributed by atoms with Crippen LogP contribution in [0.3, 0.4) is 0 Å². The molecule has 5 nitrogen and oxygen atoms in total. The fourth-order valence-corrected chi connectivity index (χ4v) is 7.03. The van der Waals surface area contributed by atoms with Crippen LogP contribution in [0.1, 0.15) is 32.1 Å². The number of esters is 1. The van der Waals surface area contributed by atoms with Gasteiger partial charge in [-0.05, 0) is 25.3 Å². The Morgan fingerprint density at radius 1 is 1.23 bits per heavy atom. The smallest absolute Gasteiger partial charge is 0.370 e. The van der Waals surface area contributed by atoms with Gasteiger partial charge in [-0.1, -0.05) is 19.4 Å². The fourth-order valence-electron chi connectivity index (χ4n) is 3.11. The lowest BCUT2D eigenvalue weighted by Gasteiger charge is -2.48. The first-order chi connectivity index (χ1) is 10.6. The Morgan fingerprint density at radius 3 is 2.36 bits per heavy atom. The maximum Gasteiger partial charge on any atom is 0.370 e. The Morgan fingerprint density at radius 2 is 1.86 bits per heavy atom. The Kier molecular flexibility index (Phi) is 10.3. The molecule has 1 aliphatic heterocycles. The first-order valence-corrected chi connectivity index (χ1v) is 9.57. The van der Waals surface area contributed by atoms with Gasteiger partial charge in [0.2, 0.25) is 0 Å². The van der Waals surface area contributed by atoms with Gasteiger partial charge in [-0.25, -0.2) is 4.79 Å². The average Bonchev–Trinajstić information content (AvgIpc) is 2.60. The zero-order valence-corrected chi connectivity index (χ0v) is 15.2. The third-order valence-electron chi connectivity index (χ3n) is 4.22. The van der Waals surface area contributed by atoms with Gasteiger partial charge in [0.05, 0.1) is 6.61 Å². The molecule has 0 radical (unpaired) electrons. The molecule has 0 N–H and O–H groups in total. The second kappa shape index (κ2) is 10.7. The van der Waals surface area contributed by atoms with Gasteiger partial charge in [0.15, 0.2) is 0 Å². The Labute approximate surface area is 135 Å². The lowest BCUT2D eigenvalue weighted by molar-refractivity contribution is -0.138. The highest BCUT2D eigenvalue weighted by molar-refractivity contribution is 6.70. The van der Waals surface area contributed by atoms with Gasteiger partial charge < -0.3 is 18.3 Å². The third-order valence-corrected chi connectivity index (χ3v) is 8.64. The van der Waals surface area contributed by atoms with Crippen LogP contribution in [0.15, 0.2) is 25.8 Å². The van der Waals surface area contributed by atoms with Crippen LogP contribution in [0.5, 0.6) is 0 Å². The van der Waals surface area contributed by atoms with Gasteiger partial charge in [0, 0.05) is 27.4 Å². The van der Waals surface area contributed by atoms with E-state index in [-0.39, 0.29) is 11.2 Å². The molecule has 1 heterocycles. The molecule has 128 valence electrons. The molecule has 0 saturated carbocycles. The van der Waals surface area contributed by atoms with E-state index in [1.807, 2.05) is 0 Å². The molecule has 1 atom stereocenters. The van der Waals surface area contributed by atoms with Crippen molar-refractivity contribution in [3.8, 4) is 0 Å². The van der Waals surface area contributed by atoms with Crippen LogP contribution in [-0.2, 0) is 23.1 Å². The summed E-state index contributed by atoms with van der Waals surface area (Å²) in [7, 11) is 2.77. The maximum absolute atomic E-state index is 11.0. The summed E-state index contributed by atoms with van der Waals surface area (Å²) in [6.07, 6.45) is 5.85. The number of methoxy groups -OCH3 is 1. The molecule has 0 aromatic carbocycles. The van der Waals surface area contributed by atoms with Crippen LogP contribution < -0.4 is 0 Å². The molecular formula is C16H30O5Si. The van der Waals surface area contributed by atoms with Crippen molar-refractivity contribution in [2.24, 2.45) is 0 Å². The molecule has 6 heteroatoms. The molecule has 0 bridgehead atoms. The van der Waals surface area contributed by atoms with Crippen molar-refractivity contribution in [1.82, 2.24) is 0 Å². The highest BCUT2D eigenvalue weighted by Gasteiger charge is 2.58. The molecule has 1 rings (SSSR count). The van der Waals surface area contributed by atoms with Gasteiger partial charge in [0.25, 0.3) is 0 Å². The molecule has 22 heavy (non-hydrogen) atoms. The van der Waals surface area contributed by atoms with Crippen LogP contribution in [0.4, 0.5) is 0 Å².